The van der Waals surface area contributed by atoms with Crippen molar-refractivity contribution in [2.45, 2.75) is 19.3 Å². The van der Waals surface area contributed by atoms with Crippen molar-refractivity contribution in [2.75, 3.05) is 0 Å². The SMILES string of the molecule is O=C(O)c1c(OCc2cn[nH]n2)ccc2c1OB(O)CC2. The van der Waals surface area contributed by atoms with Crippen molar-refractivity contribution in [3.8, 4) is 11.5 Å². The van der Waals surface area contributed by atoms with Crippen LogP contribution in [0.1, 0.15) is 21.6 Å². The first-order valence-corrected chi connectivity index (χ1v) is 6.36. The van der Waals surface area contributed by atoms with E-state index >= 15 is 0 Å². The number of benzene rings is 1. The standard InChI is InChI=1S/C12H12BN3O5/c17-12(18)10-9(20-6-8-5-14-16-15-8)2-1-7-3-4-13(19)21-11(7)10/h1-2,5,19H,3-4,6H2,(H,17,18)(H,14,15,16). The fourth-order valence-electron chi connectivity index (χ4n) is 2.18. The van der Waals surface area contributed by atoms with E-state index in [4.69, 9.17) is 9.39 Å². The molecule has 2 heterocycles. The van der Waals surface area contributed by atoms with E-state index in [9.17, 15) is 14.9 Å². The number of aromatic carboxylic acids is 1. The normalized spacial score (nSPS) is 13.5. The van der Waals surface area contributed by atoms with Crippen molar-refractivity contribution in [3.63, 3.8) is 0 Å². The average Bonchev–Trinajstić information content (AvgIpc) is 2.97. The molecular weight excluding hydrogens is 277 g/mol. The lowest BCUT2D eigenvalue weighted by molar-refractivity contribution is 0.0689. The Labute approximate surface area is 119 Å². The number of fused-ring (bicyclic) bond motifs is 1. The van der Waals surface area contributed by atoms with E-state index in [0.29, 0.717) is 18.4 Å². The van der Waals surface area contributed by atoms with E-state index in [1.54, 1.807) is 12.1 Å². The Morgan fingerprint density at radius 3 is 3.10 bits per heavy atom. The summed E-state index contributed by atoms with van der Waals surface area (Å²) in [6.45, 7) is 0.0815. The zero-order valence-electron chi connectivity index (χ0n) is 10.9. The molecule has 3 rings (SSSR count). The van der Waals surface area contributed by atoms with Gasteiger partial charge in [0.25, 0.3) is 0 Å². The lowest BCUT2D eigenvalue weighted by Crippen LogP contribution is -2.28. The minimum atomic E-state index is -1.17. The highest BCUT2D eigenvalue weighted by Gasteiger charge is 2.30. The van der Waals surface area contributed by atoms with Crippen LogP contribution in [0.3, 0.4) is 0 Å². The van der Waals surface area contributed by atoms with Gasteiger partial charge in [0.05, 0.1) is 6.20 Å². The van der Waals surface area contributed by atoms with Crippen LogP contribution in [-0.4, -0.2) is 38.6 Å². The van der Waals surface area contributed by atoms with Gasteiger partial charge in [-0.2, -0.15) is 15.4 Å². The second kappa shape index (κ2) is 5.45. The molecule has 8 nitrogen and oxygen atoms in total. The zero-order chi connectivity index (χ0) is 14.8. The van der Waals surface area contributed by atoms with Crippen molar-refractivity contribution >= 4 is 13.1 Å². The van der Waals surface area contributed by atoms with Crippen LogP contribution in [0.25, 0.3) is 0 Å². The van der Waals surface area contributed by atoms with E-state index in [1.165, 1.54) is 6.20 Å². The van der Waals surface area contributed by atoms with E-state index in [-0.39, 0.29) is 23.7 Å². The maximum Gasteiger partial charge on any atom is 0.522 e. The number of carboxylic acid groups (broad SMARTS) is 1. The molecule has 1 aromatic carbocycles. The molecule has 0 saturated heterocycles. The number of carboxylic acids is 1. The molecule has 0 bridgehead atoms. The van der Waals surface area contributed by atoms with Crippen LogP contribution in [0.2, 0.25) is 6.32 Å². The predicted molar refractivity (Wildman–Crippen MR) is 71.2 cm³/mol. The first-order chi connectivity index (χ1) is 10.1. The topological polar surface area (TPSA) is 118 Å². The number of carbonyl (C=O) groups is 1. The molecule has 0 spiro atoms. The third-order valence-electron chi connectivity index (χ3n) is 3.17. The van der Waals surface area contributed by atoms with Gasteiger partial charge >= 0.3 is 13.1 Å². The summed E-state index contributed by atoms with van der Waals surface area (Å²) >= 11 is 0. The van der Waals surface area contributed by atoms with Gasteiger partial charge < -0.3 is 19.5 Å². The molecule has 9 heteroatoms. The molecule has 1 aromatic heterocycles. The molecule has 0 radical (unpaired) electrons. The van der Waals surface area contributed by atoms with Gasteiger partial charge in [0.2, 0.25) is 0 Å². The number of aryl methyl sites for hydroxylation is 1. The number of rotatable bonds is 4. The Hall–Kier alpha value is -2.55. The van der Waals surface area contributed by atoms with Crippen molar-refractivity contribution in [3.05, 3.63) is 35.2 Å². The van der Waals surface area contributed by atoms with Crippen molar-refractivity contribution in [2.24, 2.45) is 0 Å². The van der Waals surface area contributed by atoms with Gasteiger partial charge in [0.1, 0.15) is 29.4 Å². The molecule has 21 heavy (non-hydrogen) atoms. The molecule has 0 unspecified atom stereocenters. The van der Waals surface area contributed by atoms with Crippen molar-refractivity contribution in [1.82, 2.24) is 15.4 Å². The molecule has 0 amide bonds. The molecule has 0 aliphatic carbocycles. The molecule has 1 aliphatic heterocycles. The Balaban J connectivity index is 1.92. The van der Waals surface area contributed by atoms with E-state index in [2.05, 4.69) is 15.4 Å². The lowest BCUT2D eigenvalue weighted by atomic mass is 9.78. The molecule has 0 atom stereocenters. The first kappa shape index (κ1) is 13.4. The van der Waals surface area contributed by atoms with Crippen LogP contribution in [0, 0.1) is 0 Å². The van der Waals surface area contributed by atoms with Gasteiger partial charge in [0, 0.05) is 0 Å². The van der Waals surface area contributed by atoms with Crippen LogP contribution in [-0.2, 0) is 13.0 Å². The molecule has 0 fully saturated rings. The van der Waals surface area contributed by atoms with Gasteiger partial charge in [-0.3, -0.25) is 0 Å². The Kier molecular flexibility index (Phi) is 3.49. The number of aromatic nitrogens is 3. The number of nitrogens with zero attached hydrogens (tertiary/aromatic N) is 2. The summed E-state index contributed by atoms with van der Waals surface area (Å²) in [5.41, 5.74) is 1.20. The van der Waals surface area contributed by atoms with Gasteiger partial charge in [-0.05, 0) is 24.4 Å². The first-order valence-electron chi connectivity index (χ1n) is 6.36. The summed E-state index contributed by atoms with van der Waals surface area (Å²) in [4.78, 5) is 11.5. The molecular formula is C12H12BN3O5. The van der Waals surface area contributed by atoms with Crippen LogP contribution < -0.4 is 9.39 Å². The maximum atomic E-state index is 11.5. The third-order valence-corrected chi connectivity index (χ3v) is 3.17. The largest absolute Gasteiger partial charge is 0.535 e. The van der Waals surface area contributed by atoms with Gasteiger partial charge in [0.15, 0.2) is 0 Å². The molecule has 2 aromatic rings. The number of nitrogens with one attached hydrogen (secondary N) is 1. The summed E-state index contributed by atoms with van der Waals surface area (Å²) in [6.07, 6.45) is 2.48. The fraction of sp³-hybridized carbons (Fsp3) is 0.250. The van der Waals surface area contributed by atoms with Crippen LogP contribution in [0.5, 0.6) is 11.5 Å². The number of hydrogen-bond donors (Lipinski definition) is 3. The summed E-state index contributed by atoms with van der Waals surface area (Å²) in [5, 5.41) is 28.9. The summed E-state index contributed by atoms with van der Waals surface area (Å²) in [5.74, 6) is -0.839. The number of ether oxygens (including phenoxy) is 1. The smallest absolute Gasteiger partial charge is 0.522 e. The minimum Gasteiger partial charge on any atom is -0.535 e. The molecule has 108 valence electrons. The zero-order valence-corrected chi connectivity index (χ0v) is 10.9. The van der Waals surface area contributed by atoms with Crippen LogP contribution >= 0.6 is 0 Å². The van der Waals surface area contributed by atoms with Gasteiger partial charge in [-0.15, -0.1) is 0 Å². The third kappa shape index (κ3) is 2.68. The highest BCUT2D eigenvalue weighted by Crippen LogP contribution is 2.36. The van der Waals surface area contributed by atoms with Gasteiger partial charge in [-0.1, -0.05) is 6.07 Å². The lowest BCUT2D eigenvalue weighted by Gasteiger charge is -2.22. The maximum absolute atomic E-state index is 11.5. The second-order valence-corrected chi connectivity index (χ2v) is 4.59. The summed E-state index contributed by atoms with van der Waals surface area (Å²) in [7, 11) is -0.999. The average molecular weight is 289 g/mol. The number of hydrogen-bond acceptors (Lipinski definition) is 6. The number of aromatic amines is 1. The quantitative estimate of drug-likeness (QED) is 0.701. The monoisotopic (exact) mass is 289 g/mol. The number of H-pyrrole nitrogens is 1. The molecule has 0 saturated carbocycles. The van der Waals surface area contributed by atoms with Crippen molar-refractivity contribution < 1.29 is 24.3 Å². The summed E-state index contributed by atoms with van der Waals surface area (Å²) in [6, 6.07) is 3.33. The molecule has 1 aliphatic rings. The highest BCUT2D eigenvalue weighted by atomic mass is 16.5. The predicted octanol–water partition coefficient (Wildman–Crippen LogP) is 0.497. The Bertz CT molecular complexity index is 661. The van der Waals surface area contributed by atoms with Crippen molar-refractivity contribution in [1.29, 1.82) is 0 Å². The van der Waals surface area contributed by atoms with Crippen LogP contribution in [0.4, 0.5) is 0 Å². The highest BCUT2D eigenvalue weighted by molar-refractivity contribution is 6.44. The Morgan fingerprint density at radius 1 is 1.52 bits per heavy atom. The molecule has 3 N–H and O–H groups in total. The van der Waals surface area contributed by atoms with E-state index < -0.39 is 13.1 Å². The van der Waals surface area contributed by atoms with Gasteiger partial charge in [-0.25, -0.2) is 4.79 Å². The minimum absolute atomic E-state index is 0.0815. The Morgan fingerprint density at radius 2 is 2.38 bits per heavy atom. The van der Waals surface area contributed by atoms with E-state index in [1.807, 2.05) is 0 Å². The second-order valence-electron chi connectivity index (χ2n) is 4.59. The summed E-state index contributed by atoms with van der Waals surface area (Å²) < 4.78 is 10.7. The fourth-order valence-corrected chi connectivity index (χ4v) is 2.18. The van der Waals surface area contributed by atoms with E-state index in [0.717, 1.165) is 5.56 Å². The van der Waals surface area contributed by atoms with Crippen LogP contribution in [0.15, 0.2) is 18.3 Å².